The largest absolute Gasteiger partial charge is 0.515 e. The molecule has 0 saturated carbocycles. The fraction of sp³-hybridized carbons (Fsp3) is 0.213. The monoisotopic (exact) mass is 1100 g/mol. The number of aromatic amines is 1. The minimum atomic E-state index is -0.824. The van der Waals surface area contributed by atoms with Crippen molar-refractivity contribution in [2.24, 2.45) is 0 Å². The summed E-state index contributed by atoms with van der Waals surface area (Å²) in [6.45, 7) is 4.96. The zero-order valence-corrected chi connectivity index (χ0v) is 46.1. The molecule has 7 aromatic carbocycles. The third-order valence-electron chi connectivity index (χ3n) is 12.7. The van der Waals surface area contributed by atoms with Gasteiger partial charge in [0, 0.05) is 22.9 Å². The van der Waals surface area contributed by atoms with Crippen molar-refractivity contribution in [2.45, 2.75) is 33.6 Å². The summed E-state index contributed by atoms with van der Waals surface area (Å²) in [5.74, 6) is 4.61. The van der Waals surface area contributed by atoms with E-state index >= 15 is 0 Å². The molecule has 0 aliphatic rings. The lowest BCUT2D eigenvalue weighted by Gasteiger charge is -2.15. The molecule has 0 fully saturated rings. The molecule has 0 bridgehead atoms. The number of carbonyl (C=O) groups excluding carboxylic acids is 2. The van der Waals surface area contributed by atoms with Crippen LogP contribution in [0.4, 0.5) is 9.59 Å². The van der Waals surface area contributed by atoms with Crippen molar-refractivity contribution in [3.05, 3.63) is 156 Å². The summed E-state index contributed by atoms with van der Waals surface area (Å²) in [5, 5.41) is 1.62. The molecule has 1 N–H and O–H groups in total. The molecule has 18 nitrogen and oxygen atoms in total. The zero-order chi connectivity index (χ0) is 56.1. The standard InChI is InChI=1S/C34H31N3O7S.C27H27NO7/c1-5-42-34(38)44-33-31(23-16-29(39-2)32(41-4)30(17-23)40-3)25-13-12-24(43-20-21-9-7-6-8-10-21)18-28(25)37(33)19-22-11-14-26-27(15-22)36-45-35-26;1-5-33-27(29)35-26-24(18-13-22(30-2)25(32-4)23(14-18)31-3)20-12-11-19(15-21(20)28-26)34-16-17-9-7-6-8-10-17/h6-18H,5,19-20H2,1-4H3;6-15,28H,5,16H2,1-4H3. The molecule has 3 aromatic heterocycles. The van der Waals surface area contributed by atoms with E-state index < -0.39 is 12.3 Å². The fourth-order valence-electron chi connectivity index (χ4n) is 9.04. The van der Waals surface area contributed by atoms with Crippen LogP contribution < -0.4 is 47.4 Å². The average Bonchev–Trinajstić information content (AvgIpc) is 4.18. The third-order valence-corrected chi connectivity index (χ3v) is 13.2. The van der Waals surface area contributed by atoms with Crippen LogP contribution in [-0.4, -0.2) is 86.5 Å². The van der Waals surface area contributed by atoms with E-state index in [-0.39, 0.29) is 25.0 Å². The van der Waals surface area contributed by atoms with Gasteiger partial charge in [-0.05, 0) is 102 Å². The minimum absolute atomic E-state index is 0.156. The second-order valence-corrected chi connectivity index (χ2v) is 18.0. The Morgan fingerprint density at radius 1 is 0.512 bits per heavy atom. The molecule has 0 radical (unpaired) electrons. The zero-order valence-electron chi connectivity index (χ0n) is 45.3. The van der Waals surface area contributed by atoms with Gasteiger partial charge in [0.2, 0.25) is 23.3 Å². The molecule has 0 aliphatic carbocycles. The van der Waals surface area contributed by atoms with Crippen LogP contribution in [0.25, 0.3) is 55.1 Å². The smallest absolute Gasteiger partial charge is 0.493 e. The molecule has 0 spiro atoms. The summed E-state index contributed by atoms with van der Waals surface area (Å²) in [7, 11) is 9.29. The van der Waals surface area contributed by atoms with Gasteiger partial charge >= 0.3 is 12.3 Å². The quantitative estimate of drug-likeness (QED) is 0.0708. The lowest BCUT2D eigenvalue weighted by atomic mass is 10.0. The van der Waals surface area contributed by atoms with Crippen LogP contribution in [0.3, 0.4) is 0 Å². The van der Waals surface area contributed by atoms with Crippen LogP contribution in [0.1, 0.15) is 30.5 Å². The molecule has 0 saturated heterocycles. The predicted octanol–water partition coefficient (Wildman–Crippen LogP) is 13.5. The number of hydrogen-bond acceptors (Lipinski definition) is 17. The summed E-state index contributed by atoms with van der Waals surface area (Å²) < 4.78 is 78.0. The van der Waals surface area contributed by atoms with Gasteiger partial charge in [-0.2, -0.15) is 8.75 Å². The molecule has 0 amide bonds. The van der Waals surface area contributed by atoms with Gasteiger partial charge in [-0.1, -0.05) is 66.7 Å². The molecule has 0 aliphatic heterocycles. The molecule has 412 valence electrons. The van der Waals surface area contributed by atoms with Crippen molar-refractivity contribution < 1.29 is 66.4 Å². The van der Waals surface area contributed by atoms with E-state index in [4.69, 9.17) is 56.8 Å². The molecule has 19 heteroatoms. The number of fused-ring (bicyclic) bond motifs is 3. The van der Waals surface area contributed by atoms with Crippen LogP contribution in [0.5, 0.6) is 57.8 Å². The molecular formula is C61H58N4O14S. The van der Waals surface area contributed by atoms with E-state index in [0.29, 0.717) is 88.0 Å². The number of methoxy groups -OCH3 is 6. The number of H-pyrrole nitrogens is 1. The van der Waals surface area contributed by atoms with Crippen LogP contribution >= 0.6 is 11.7 Å². The van der Waals surface area contributed by atoms with Gasteiger partial charge in [0.1, 0.15) is 35.7 Å². The van der Waals surface area contributed by atoms with Gasteiger partial charge in [0.15, 0.2) is 23.0 Å². The van der Waals surface area contributed by atoms with E-state index in [1.807, 2.05) is 132 Å². The Balaban J connectivity index is 0.000000200. The summed E-state index contributed by atoms with van der Waals surface area (Å²) in [4.78, 5) is 28.3. The second-order valence-electron chi connectivity index (χ2n) is 17.5. The number of carbonyl (C=O) groups is 2. The first-order chi connectivity index (χ1) is 39.1. The number of ether oxygens (including phenoxy) is 12. The number of aromatic nitrogens is 4. The van der Waals surface area contributed by atoms with E-state index in [0.717, 1.165) is 61.3 Å². The lowest BCUT2D eigenvalue weighted by Crippen LogP contribution is -2.14. The Labute approximate surface area is 465 Å². The van der Waals surface area contributed by atoms with Crippen molar-refractivity contribution >= 4 is 56.9 Å². The van der Waals surface area contributed by atoms with Crippen LogP contribution in [0.2, 0.25) is 0 Å². The van der Waals surface area contributed by atoms with Crippen molar-refractivity contribution in [2.75, 3.05) is 55.9 Å². The van der Waals surface area contributed by atoms with Crippen LogP contribution in [0.15, 0.2) is 140 Å². The second kappa shape index (κ2) is 25.7. The Bertz CT molecular complexity index is 3720. The Morgan fingerprint density at radius 3 is 1.56 bits per heavy atom. The van der Waals surface area contributed by atoms with Crippen molar-refractivity contribution in [1.29, 1.82) is 0 Å². The van der Waals surface area contributed by atoms with E-state index in [9.17, 15) is 9.59 Å². The normalized spacial score (nSPS) is 10.8. The van der Waals surface area contributed by atoms with Crippen LogP contribution in [-0.2, 0) is 29.2 Å². The number of rotatable bonds is 20. The van der Waals surface area contributed by atoms with Crippen molar-refractivity contribution in [3.8, 4) is 80.0 Å². The first kappa shape index (κ1) is 55.1. The number of hydrogen-bond donors (Lipinski definition) is 1. The summed E-state index contributed by atoms with van der Waals surface area (Å²) in [6, 6.07) is 44.4. The Morgan fingerprint density at radius 2 is 1.02 bits per heavy atom. The number of nitrogens with zero attached hydrogens (tertiary/aromatic N) is 3. The highest BCUT2D eigenvalue weighted by molar-refractivity contribution is 7.00. The molecule has 0 unspecified atom stereocenters. The van der Waals surface area contributed by atoms with Gasteiger partial charge in [0.25, 0.3) is 0 Å². The predicted molar refractivity (Wildman–Crippen MR) is 304 cm³/mol. The molecule has 3 heterocycles. The Hall–Kier alpha value is -9.62. The van der Waals surface area contributed by atoms with Crippen molar-refractivity contribution in [1.82, 2.24) is 18.3 Å². The fourth-order valence-corrected chi connectivity index (χ4v) is 9.56. The maximum Gasteiger partial charge on any atom is 0.515 e. The van der Waals surface area contributed by atoms with Crippen LogP contribution in [0, 0.1) is 0 Å². The van der Waals surface area contributed by atoms with Gasteiger partial charge < -0.3 is 66.4 Å². The summed E-state index contributed by atoms with van der Waals surface area (Å²) in [6.07, 6.45) is -1.64. The number of nitrogens with one attached hydrogen (secondary N) is 1. The first-order valence-electron chi connectivity index (χ1n) is 25.3. The molecule has 0 atom stereocenters. The van der Waals surface area contributed by atoms with E-state index in [1.165, 1.54) is 7.11 Å². The minimum Gasteiger partial charge on any atom is -0.493 e. The molecule has 80 heavy (non-hydrogen) atoms. The van der Waals surface area contributed by atoms with Crippen molar-refractivity contribution in [3.63, 3.8) is 0 Å². The topological polar surface area (TPSA) is 191 Å². The van der Waals surface area contributed by atoms with E-state index in [2.05, 4.69) is 13.7 Å². The highest BCUT2D eigenvalue weighted by Gasteiger charge is 2.27. The lowest BCUT2D eigenvalue weighted by molar-refractivity contribution is 0.101. The average molecular weight is 1100 g/mol. The van der Waals surface area contributed by atoms with Gasteiger partial charge in [-0.15, -0.1) is 0 Å². The highest BCUT2D eigenvalue weighted by atomic mass is 32.1. The molecule has 10 aromatic rings. The van der Waals surface area contributed by atoms with Gasteiger partial charge in [-0.3, -0.25) is 0 Å². The van der Waals surface area contributed by atoms with Gasteiger partial charge in [0.05, 0.1) is 96.3 Å². The SMILES string of the molecule is CCOC(=O)Oc1[nH]c2cc(OCc3ccccc3)ccc2c1-c1cc(OC)c(OC)c(OC)c1.CCOC(=O)Oc1c(-c2cc(OC)c(OC)c(OC)c2)c2ccc(OCc3ccccc3)cc2n1Cc1ccc2nsnc2c1. The Kier molecular flexibility index (Phi) is 17.7. The van der Waals surface area contributed by atoms with Gasteiger partial charge in [-0.25, -0.2) is 9.59 Å². The maximum absolute atomic E-state index is 12.9. The highest BCUT2D eigenvalue weighted by Crippen LogP contribution is 2.49. The maximum atomic E-state index is 12.9. The van der Waals surface area contributed by atoms with E-state index in [1.54, 1.807) is 61.5 Å². The molecule has 10 rings (SSSR count). The first-order valence-corrected chi connectivity index (χ1v) is 26.0. The molecular weight excluding hydrogens is 1040 g/mol. The third kappa shape index (κ3) is 12.2. The number of benzene rings is 7. The summed E-state index contributed by atoms with van der Waals surface area (Å²) >= 11 is 1.16. The summed E-state index contributed by atoms with van der Waals surface area (Å²) in [5.41, 5.74) is 8.81.